The third-order valence-corrected chi connectivity index (χ3v) is 4.82. The van der Waals surface area contributed by atoms with Crippen LogP contribution in [0.3, 0.4) is 0 Å². The lowest BCUT2D eigenvalue weighted by Gasteiger charge is -2.21. The number of rotatable bonds is 6. The van der Waals surface area contributed by atoms with E-state index in [4.69, 9.17) is 5.73 Å². The molecule has 0 bridgehead atoms. The number of nitrogens with two attached hydrogens (primary N) is 1. The molecule has 0 atom stereocenters. The second-order valence-corrected chi connectivity index (χ2v) is 6.81. The van der Waals surface area contributed by atoms with Crippen molar-refractivity contribution in [2.24, 2.45) is 9.98 Å². The van der Waals surface area contributed by atoms with Gasteiger partial charge in [-0.15, -0.1) is 0 Å². The number of aliphatic imine (C=N–C) groups is 2. The highest BCUT2D eigenvalue weighted by atomic mass is 15.2. The van der Waals surface area contributed by atoms with Crippen molar-refractivity contribution < 1.29 is 0 Å². The Bertz CT molecular complexity index is 540. The van der Waals surface area contributed by atoms with Crippen molar-refractivity contribution in [3.63, 3.8) is 0 Å². The third kappa shape index (κ3) is 5.95. The van der Waals surface area contributed by atoms with Crippen molar-refractivity contribution in [3.8, 4) is 0 Å². The minimum absolute atomic E-state index is 0.129. The maximum absolute atomic E-state index is 5.74. The number of anilines is 1. The van der Waals surface area contributed by atoms with E-state index in [2.05, 4.69) is 35.6 Å². The molecule has 0 unspecified atom stereocenters. The standard InChI is InChI=1S/C17H28N8/c18-15-23-16(21-11-19-13-7-3-1-4-8-13)25-17(24-15)22-12-20-14-9-5-2-6-10-14/h11-14H,1-10H2,(H4,18,19,20,21,22,23,24,25). The maximum atomic E-state index is 5.74. The molecular weight excluding hydrogens is 316 g/mol. The highest BCUT2D eigenvalue weighted by Gasteiger charge is 2.12. The van der Waals surface area contributed by atoms with Gasteiger partial charge in [-0.25, -0.2) is 9.98 Å². The fourth-order valence-corrected chi connectivity index (χ4v) is 3.42. The molecule has 136 valence electrons. The highest BCUT2D eigenvalue weighted by molar-refractivity contribution is 5.61. The first-order valence-electron chi connectivity index (χ1n) is 9.38. The minimum Gasteiger partial charge on any atom is -0.373 e. The van der Waals surface area contributed by atoms with E-state index in [9.17, 15) is 0 Å². The van der Waals surface area contributed by atoms with Crippen molar-refractivity contribution >= 4 is 30.5 Å². The van der Waals surface area contributed by atoms with Gasteiger partial charge in [0.2, 0.25) is 5.95 Å². The summed E-state index contributed by atoms with van der Waals surface area (Å²) in [4.78, 5) is 20.8. The molecule has 0 radical (unpaired) electrons. The molecule has 0 saturated heterocycles. The fourth-order valence-electron chi connectivity index (χ4n) is 3.42. The molecule has 0 aliphatic heterocycles. The number of nitrogen functional groups attached to an aromatic ring is 1. The Morgan fingerprint density at radius 1 is 0.720 bits per heavy atom. The largest absolute Gasteiger partial charge is 0.373 e. The summed E-state index contributed by atoms with van der Waals surface area (Å²) in [6.07, 6.45) is 15.8. The Kier molecular flexibility index (Phi) is 6.53. The van der Waals surface area contributed by atoms with E-state index in [1.54, 1.807) is 12.7 Å². The molecular formula is C17H28N8. The second kappa shape index (κ2) is 9.29. The summed E-state index contributed by atoms with van der Waals surface area (Å²) in [5.41, 5.74) is 5.74. The number of nitrogens with zero attached hydrogens (tertiary/aromatic N) is 5. The molecule has 2 aliphatic carbocycles. The van der Waals surface area contributed by atoms with Gasteiger partial charge in [-0.1, -0.05) is 38.5 Å². The van der Waals surface area contributed by atoms with Gasteiger partial charge in [-0.2, -0.15) is 15.0 Å². The van der Waals surface area contributed by atoms with Crippen LogP contribution in [0.4, 0.5) is 17.8 Å². The van der Waals surface area contributed by atoms with Gasteiger partial charge >= 0.3 is 0 Å². The topological polar surface area (TPSA) is 113 Å². The van der Waals surface area contributed by atoms with Crippen molar-refractivity contribution in [1.82, 2.24) is 25.6 Å². The van der Waals surface area contributed by atoms with E-state index in [0.29, 0.717) is 12.1 Å². The zero-order chi connectivity index (χ0) is 17.3. The van der Waals surface area contributed by atoms with Crippen LogP contribution in [0.5, 0.6) is 0 Å². The van der Waals surface area contributed by atoms with Crippen molar-refractivity contribution in [1.29, 1.82) is 0 Å². The van der Waals surface area contributed by atoms with E-state index in [1.165, 1.54) is 64.2 Å². The molecule has 2 fully saturated rings. The molecule has 2 aliphatic rings. The Hall–Kier alpha value is -2.25. The summed E-state index contributed by atoms with van der Waals surface area (Å²) < 4.78 is 0. The zero-order valence-electron chi connectivity index (χ0n) is 14.7. The predicted octanol–water partition coefficient (Wildman–Crippen LogP) is 2.62. The lowest BCUT2D eigenvalue weighted by Crippen LogP contribution is -2.29. The molecule has 8 nitrogen and oxygen atoms in total. The van der Waals surface area contributed by atoms with Crippen LogP contribution < -0.4 is 16.4 Å². The first-order valence-corrected chi connectivity index (χ1v) is 9.38. The highest BCUT2D eigenvalue weighted by Crippen LogP contribution is 2.18. The molecule has 4 N–H and O–H groups in total. The van der Waals surface area contributed by atoms with Crippen LogP contribution in [0.25, 0.3) is 0 Å². The number of aromatic nitrogens is 3. The fraction of sp³-hybridized carbons (Fsp3) is 0.706. The smallest absolute Gasteiger partial charge is 0.257 e. The number of hydrogen-bond donors (Lipinski definition) is 3. The molecule has 0 aromatic carbocycles. The Balaban J connectivity index is 1.53. The van der Waals surface area contributed by atoms with Crippen molar-refractivity contribution in [2.45, 2.75) is 76.3 Å². The van der Waals surface area contributed by atoms with Gasteiger partial charge in [0.05, 0.1) is 12.7 Å². The molecule has 1 heterocycles. The predicted molar refractivity (Wildman–Crippen MR) is 101 cm³/mol. The van der Waals surface area contributed by atoms with E-state index < -0.39 is 0 Å². The lowest BCUT2D eigenvalue weighted by molar-refractivity contribution is 0.416. The molecule has 2 saturated carbocycles. The van der Waals surface area contributed by atoms with Gasteiger partial charge in [-0.05, 0) is 25.7 Å². The van der Waals surface area contributed by atoms with Crippen LogP contribution in [0.15, 0.2) is 9.98 Å². The molecule has 8 heteroatoms. The SMILES string of the molecule is Nc1nc(N=CNC2CCCCC2)nc(N=CNC2CCCCC2)n1. The lowest BCUT2D eigenvalue weighted by atomic mass is 9.96. The quantitative estimate of drug-likeness (QED) is 0.540. The van der Waals surface area contributed by atoms with Gasteiger partial charge in [0.1, 0.15) is 0 Å². The first kappa shape index (κ1) is 17.6. The summed E-state index contributed by atoms with van der Waals surface area (Å²) >= 11 is 0. The Morgan fingerprint density at radius 2 is 1.16 bits per heavy atom. The first-order chi connectivity index (χ1) is 12.3. The molecule has 0 spiro atoms. The van der Waals surface area contributed by atoms with E-state index in [-0.39, 0.29) is 17.8 Å². The number of hydrogen-bond acceptors (Lipinski definition) is 6. The second-order valence-electron chi connectivity index (χ2n) is 6.81. The Labute approximate surface area is 148 Å². The third-order valence-electron chi connectivity index (χ3n) is 4.82. The van der Waals surface area contributed by atoms with Gasteiger partial charge in [-0.3, -0.25) is 0 Å². The van der Waals surface area contributed by atoms with Crippen LogP contribution in [-0.2, 0) is 0 Å². The van der Waals surface area contributed by atoms with E-state index in [1.807, 2.05) is 0 Å². The summed E-state index contributed by atoms with van der Waals surface area (Å²) in [5.74, 6) is 0.686. The molecule has 25 heavy (non-hydrogen) atoms. The normalized spacial score (nSPS) is 20.3. The van der Waals surface area contributed by atoms with E-state index in [0.717, 1.165) is 0 Å². The molecule has 0 amide bonds. The van der Waals surface area contributed by atoms with Crippen molar-refractivity contribution in [3.05, 3.63) is 0 Å². The van der Waals surface area contributed by atoms with Crippen molar-refractivity contribution in [2.75, 3.05) is 5.73 Å². The average molecular weight is 344 g/mol. The summed E-state index contributed by atoms with van der Waals surface area (Å²) in [5, 5.41) is 6.62. The van der Waals surface area contributed by atoms with E-state index >= 15 is 0 Å². The van der Waals surface area contributed by atoms with Gasteiger partial charge < -0.3 is 16.4 Å². The van der Waals surface area contributed by atoms with Gasteiger partial charge in [0.25, 0.3) is 11.9 Å². The minimum atomic E-state index is 0.129. The van der Waals surface area contributed by atoms with Crippen LogP contribution in [0.1, 0.15) is 64.2 Å². The van der Waals surface area contributed by atoms with Crippen LogP contribution >= 0.6 is 0 Å². The molecule has 1 aromatic rings. The summed E-state index contributed by atoms with van der Waals surface area (Å²) in [6.45, 7) is 0. The average Bonchev–Trinajstić information content (AvgIpc) is 2.63. The monoisotopic (exact) mass is 344 g/mol. The summed E-state index contributed by atoms with van der Waals surface area (Å²) in [7, 11) is 0. The number of nitrogens with one attached hydrogen (secondary N) is 2. The maximum Gasteiger partial charge on any atom is 0.257 e. The molecule has 1 aromatic heterocycles. The zero-order valence-corrected chi connectivity index (χ0v) is 14.7. The van der Waals surface area contributed by atoms with Gasteiger partial charge in [0, 0.05) is 12.1 Å². The van der Waals surface area contributed by atoms with Crippen LogP contribution in [0.2, 0.25) is 0 Å². The molecule has 3 rings (SSSR count). The van der Waals surface area contributed by atoms with Crippen LogP contribution in [-0.4, -0.2) is 39.7 Å². The van der Waals surface area contributed by atoms with Gasteiger partial charge in [0.15, 0.2) is 0 Å². The van der Waals surface area contributed by atoms with Crippen LogP contribution in [0, 0.1) is 0 Å². The Morgan fingerprint density at radius 3 is 1.60 bits per heavy atom. The summed E-state index contributed by atoms with van der Waals surface area (Å²) in [6, 6.07) is 0.989.